The Balaban J connectivity index is 2.38. The fourth-order valence-corrected chi connectivity index (χ4v) is 3.37. The zero-order valence-electron chi connectivity index (χ0n) is 11.9. The number of benzene rings is 2. The van der Waals surface area contributed by atoms with Gasteiger partial charge in [-0.05, 0) is 24.3 Å². The third-order valence-electron chi connectivity index (χ3n) is 2.99. The number of amides is 1. The van der Waals surface area contributed by atoms with Crippen LogP contribution in [0.5, 0.6) is 0 Å². The van der Waals surface area contributed by atoms with Crippen molar-refractivity contribution in [2.45, 2.75) is 0 Å². The van der Waals surface area contributed by atoms with Gasteiger partial charge in [-0.15, -0.1) is 0 Å². The summed E-state index contributed by atoms with van der Waals surface area (Å²) >= 11 is 21.4. The molecule has 0 radical (unpaired) electrons. The molecule has 0 heterocycles. The maximum atomic E-state index is 13.8. The van der Waals surface area contributed by atoms with Crippen molar-refractivity contribution < 1.29 is 13.6 Å². The molecule has 24 heavy (non-hydrogen) atoms. The first-order valence-electron chi connectivity index (χ1n) is 6.58. The first kappa shape index (κ1) is 19.2. The van der Waals surface area contributed by atoms with Crippen LogP contribution < -0.4 is 10.4 Å². The molecule has 1 N–H and O–H groups in total. The van der Waals surface area contributed by atoms with Gasteiger partial charge < -0.3 is 0 Å². The second-order valence-corrected chi connectivity index (χ2v) is 6.64. The molecule has 0 aromatic heterocycles. The number of carbonyl (C=O) groups excluding carboxylic acids is 1. The Morgan fingerprint density at radius 3 is 2.17 bits per heavy atom. The summed E-state index contributed by atoms with van der Waals surface area (Å²) in [5.41, 5.74) is 1.98. The molecular weight excluding hydrogens is 448 g/mol. The van der Waals surface area contributed by atoms with Crippen LogP contribution >= 0.6 is 50.7 Å². The molecule has 0 aliphatic rings. The number of anilines is 1. The van der Waals surface area contributed by atoms with Crippen LogP contribution in [0.4, 0.5) is 14.5 Å². The van der Waals surface area contributed by atoms with Gasteiger partial charge in [-0.25, -0.2) is 8.78 Å². The monoisotopic (exact) mass is 456 g/mol. The summed E-state index contributed by atoms with van der Waals surface area (Å²) in [6.07, 6.45) is 0. The molecule has 2 rings (SSSR count). The molecule has 0 bridgehead atoms. The predicted octanol–water partition coefficient (Wildman–Crippen LogP) is 5.47. The summed E-state index contributed by atoms with van der Waals surface area (Å²) in [7, 11) is 0. The van der Waals surface area contributed by atoms with Crippen molar-refractivity contribution in [1.82, 2.24) is 5.43 Å². The summed E-state index contributed by atoms with van der Waals surface area (Å²) in [5, 5.41) is 2.41. The third-order valence-corrected chi connectivity index (χ3v) is 4.14. The predicted molar refractivity (Wildman–Crippen MR) is 96.4 cm³/mol. The second kappa shape index (κ2) is 8.34. The molecule has 9 heteroatoms. The molecule has 0 aliphatic carbocycles. The Kier molecular flexibility index (Phi) is 6.69. The van der Waals surface area contributed by atoms with Gasteiger partial charge in [0.2, 0.25) is 0 Å². The molecule has 2 aromatic carbocycles. The highest BCUT2D eigenvalue weighted by Crippen LogP contribution is 2.36. The van der Waals surface area contributed by atoms with E-state index < -0.39 is 23.1 Å². The van der Waals surface area contributed by atoms with E-state index in [1.807, 2.05) is 0 Å². The first-order valence-corrected chi connectivity index (χ1v) is 8.83. The van der Waals surface area contributed by atoms with Crippen molar-refractivity contribution in [3.63, 3.8) is 0 Å². The zero-order chi connectivity index (χ0) is 17.9. The van der Waals surface area contributed by atoms with E-state index >= 15 is 0 Å². The molecule has 0 unspecified atom stereocenters. The number of hydrogen-bond donors (Lipinski definition) is 1. The maximum absolute atomic E-state index is 13.8. The maximum Gasteiger partial charge on any atom is 0.275 e. The molecule has 2 aromatic rings. The van der Waals surface area contributed by atoms with E-state index in [-0.39, 0.29) is 22.3 Å². The van der Waals surface area contributed by atoms with Crippen LogP contribution in [-0.4, -0.2) is 17.8 Å². The molecule has 0 saturated heterocycles. The highest BCUT2D eigenvalue weighted by atomic mass is 79.9. The Bertz CT molecular complexity index is 733. The summed E-state index contributed by atoms with van der Waals surface area (Å²) in [6, 6.07) is 6.05. The molecule has 3 nitrogen and oxygen atoms in total. The number of rotatable bonds is 5. The Hall–Kier alpha value is -1.08. The van der Waals surface area contributed by atoms with Crippen molar-refractivity contribution in [3.05, 3.63) is 62.6 Å². The van der Waals surface area contributed by atoms with Gasteiger partial charge in [0, 0.05) is 16.9 Å². The number of hydrogen-bond acceptors (Lipinski definition) is 2. The number of alkyl halides is 1. The smallest absolute Gasteiger partial charge is 0.275 e. The van der Waals surface area contributed by atoms with Crippen LogP contribution in [0.1, 0.15) is 10.4 Å². The van der Waals surface area contributed by atoms with Crippen molar-refractivity contribution in [2.24, 2.45) is 0 Å². The minimum absolute atomic E-state index is 0.183. The van der Waals surface area contributed by atoms with E-state index in [1.165, 1.54) is 23.2 Å². The summed E-state index contributed by atoms with van der Waals surface area (Å²) in [6.45, 7) is 0.239. The summed E-state index contributed by atoms with van der Waals surface area (Å²) in [4.78, 5) is 12.3. The second-order valence-electron chi connectivity index (χ2n) is 4.60. The molecule has 0 atom stereocenters. The van der Waals surface area contributed by atoms with E-state index in [0.717, 1.165) is 12.1 Å². The SMILES string of the molecule is O=C(NN(CCBr)c1c(Cl)cc(Cl)cc1Cl)c1c(F)cccc1F. The van der Waals surface area contributed by atoms with Crippen molar-refractivity contribution >= 4 is 62.3 Å². The lowest BCUT2D eigenvalue weighted by atomic mass is 10.2. The van der Waals surface area contributed by atoms with E-state index in [4.69, 9.17) is 34.8 Å². The van der Waals surface area contributed by atoms with E-state index in [9.17, 15) is 13.6 Å². The fourth-order valence-electron chi connectivity index (χ4n) is 1.99. The van der Waals surface area contributed by atoms with Crippen LogP contribution in [0.3, 0.4) is 0 Å². The molecular formula is C15H10BrCl3F2N2O. The van der Waals surface area contributed by atoms with Gasteiger partial charge in [0.05, 0.1) is 15.7 Å². The van der Waals surface area contributed by atoms with Gasteiger partial charge in [-0.2, -0.15) is 0 Å². The van der Waals surface area contributed by atoms with Gasteiger partial charge in [0.25, 0.3) is 5.91 Å². The molecule has 128 valence electrons. The van der Waals surface area contributed by atoms with Gasteiger partial charge in [0.15, 0.2) is 0 Å². The van der Waals surface area contributed by atoms with Gasteiger partial charge in [-0.3, -0.25) is 15.2 Å². The van der Waals surface area contributed by atoms with Crippen LogP contribution in [0.15, 0.2) is 30.3 Å². The molecule has 1 amide bonds. The topological polar surface area (TPSA) is 32.3 Å². The first-order chi connectivity index (χ1) is 11.3. The van der Waals surface area contributed by atoms with Crippen LogP contribution in [-0.2, 0) is 0 Å². The number of hydrazine groups is 1. The normalized spacial score (nSPS) is 10.6. The molecule has 0 spiro atoms. The van der Waals surface area contributed by atoms with E-state index in [2.05, 4.69) is 21.4 Å². The number of nitrogens with zero attached hydrogens (tertiary/aromatic N) is 1. The van der Waals surface area contributed by atoms with Crippen molar-refractivity contribution in [3.8, 4) is 0 Å². The summed E-state index contributed by atoms with van der Waals surface area (Å²) in [5.74, 6) is -2.91. The average Bonchev–Trinajstić information content (AvgIpc) is 2.46. The van der Waals surface area contributed by atoms with Gasteiger partial charge >= 0.3 is 0 Å². The minimum atomic E-state index is -0.973. The average molecular weight is 459 g/mol. The molecule has 0 fully saturated rings. The van der Waals surface area contributed by atoms with Crippen LogP contribution in [0.2, 0.25) is 15.1 Å². The standard InChI is InChI=1S/C15H10BrCl3F2N2O/c16-4-5-23(14-9(18)6-8(17)7-10(14)19)22-15(24)13-11(20)2-1-3-12(13)21/h1-3,6-7H,4-5H2,(H,22,24). The Morgan fingerprint density at radius 2 is 1.67 bits per heavy atom. The van der Waals surface area contributed by atoms with E-state index in [0.29, 0.717) is 10.4 Å². The number of nitrogens with one attached hydrogen (secondary N) is 1. The highest BCUT2D eigenvalue weighted by Gasteiger charge is 2.22. The van der Waals surface area contributed by atoms with E-state index in [1.54, 1.807) is 0 Å². The van der Waals surface area contributed by atoms with Crippen molar-refractivity contribution in [1.29, 1.82) is 0 Å². The third kappa shape index (κ3) is 4.30. The number of carbonyl (C=O) groups is 1. The fraction of sp³-hybridized carbons (Fsp3) is 0.133. The minimum Gasteiger partial charge on any atom is -0.281 e. The molecule has 0 saturated carbocycles. The molecule has 0 aliphatic heterocycles. The van der Waals surface area contributed by atoms with Gasteiger partial charge in [0.1, 0.15) is 17.2 Å². The quantitative estimate of drug-likeness (QED) is 0.476. The lowest BCUT2D eigenvalue weighted by Gasteiger charge is -2.26. The zero-order valence-corrected chi connectivity index (χ0v) is 15.8. The lowest BCUT2D eigenvalue weighted by molar-refractivity contribution is 0.0941. The largest absolute Gasteiger partial charge is 0.281 e. The highest BCUT2D eigenvalue weighted by molar-refractivity contribution is 9.09. The number of halogens is 6. The summed E-state index contributed by atoms with van der Waals surface area (Å²) < 4.78 is 27.5. The van der Waals surface area contributed by atoms with Gasteiger partial charge in [-0.1, -0.05) is 56.8 Å². The van der Waals surface area contributed by atoms with Crippen molar-refractivity contribution in [2.75, 3.05) is 16.9 Å². The Labute approximate surface area is 160 Å². The lowest BCUT2D eigenvalue weighted by Crippen LogP contribution is -2.44. The van der Waals surface area contributed by atoms with Crippen LogP contribution in [0, 0.1) is 11.6 Å². The van der Waals surface area contributed by atoms with Crippen LogP contribution in [0.25, 0.3) is 0 Å². The Morgan fingerprint density at radius 1 is 1.12 bits per heavy atom.